The van der Waals surface area contributed by atoms with E-state index in [4.69, 9.17) is 9.47 Å². The second-order valence-electron chi connectivity index (χ2n) is 6.63. The van der Waals surface area contributed by atoms with Gasteiger partial charge < -0.3 is 9.47 Å². The molecule has 2 aromatic carbocycles. The van der Waals surface area contributed by atoms with Crippen molar-refractivity contribution in [2.75, 3.05) is 12.4 Å². The number of alkyl halides is 1. The van der Waals surface area contributed by atoms with Gasteiger partial charge in [0.1, 0.15) is 11.7 Å². The molecule has 1 aliphatic rings. The largest absolute Gasteiger partial charge is 0.468 e. The molecule has 0 fully saturated rings. The molecular weight excluding hydrogens is 512 g/mol. The molecule has 0 radical (unpaired) electrons. The van der Waals surface area contributed by atoms with Crippen LogP contribution in [0.15, 0.2) is 47.5 Å². The molecule has 2 unspecified atom stereocenters. The maximum atomic E-state index is 14.0. The van der Waals surface area contributed by atoms with Crippen LogP contribution in [0.1, 0.15) is 11.6 Å². The first kappa shape index (κ1) is 23.9. The molecule has 0 spiro atoms. The number of non-ortho nitro benzene ring substituents is 1. The zero-order valence-corrected chi connectivity index (χ0v) is 18.3. The fraction of sp³-hybridized carbons (Fsp3) is 0.200. The van der Waals surface area contributed by atoms with Crippen LogP contribution in [0.2, 0.25) is 0 Å². The van der Waals surface area contributed by atoms with E-state index in [-0.39, 0.29) is 28.0 Å². The predicted octanol–water partition coefficient (Wildman–Crippen LogP) is 4.17. The lowest BCUT2D eigenvalue weighted by atomic mass is 9.87. The first-order valence-electron chi connectivity index (χ1n) is 9.13. The Morgan fingerprint density at radius 3 is 2.39 bits per heavy atom. The number of halogens is 3. The van der Waals surface area contributed by atoms with Crippen molar-refractivity contribution in [2.45, 2.75) is 6.04 Å². The average molecular weight is 526 g/mol. The first-order valence-corrected chi connectivity index (χ1v) is 10.3. The molecule has 3 amide bonds. The number of nitro benzene ring substituents is 1. The molecule has 13 heteroatoms. The maximum absolute atomic E-state index is 14.0. The Morgan fingerprint density at radius 1 is 1.18 bits per heavy atom. The zero-order chi connectivity index (χ0) is 24.3. The van der Waals surface area contributed by atoms with Crippen LogP contribution in [0, 0.1) is 27.7 Å². The van der Waals surface area contributed by atoms with E-state index in [1.54, 1.807) is 0 Å². The molecule has 2 aromatic rings. The van der Waals surface area contributed by atoms with Crippen molar-refractivity contribution in [3.05, 3.63) is 69.8 Å². The number of urea groups is 1. The smallest absolute Gasteiger partial charge is 0.424 e. The van der Waals surface area contributed by atoms with Gasteiger partial charge in [0.25, 0.3) is 5.69 Å². The van der Waals surface area contributed by atoms with Crippen LogP contribution in [0.4, 0.5) is 24.1 Å². The normalized spacial score (nSPS) is 17.9. The minimum atomic E-state index is -1.48. The molecule has 0 saturated heterocycles. The van der Waals surface area contributed by atoms with E-state index in [1.807, 2.05) is 0 Å². The van der Waals surface area contributed by atoms with Gasteiger partial charge in [-0.15, -0.1) is 0 Å². The number of ether oxygens (including phenoxy) is 2. The molecule has 2 atom stereocenters. The van der Waals surface area contributed by atoms with E-state index in [0.29, 0.717) is 4.90 Å². The first-order chi connectivity index (χ1) is 15.7. The van der Waals surface area contributed by atoms with Gasteiger partial charge in [0.15, 0.2) is 11.6 Å². The number of esters is 1. The van der Waals surface area contributed by atoms with Crippen molar-refractivity contribution in [2.24, 2.45) is 10.9 Å². The summed E-state index contributed by atoms with van der Waals surface area (Å²) in [6.45, 7) is 0. The third-order valence-corrected chi connectivity index (χ3v) is 5.30. The Bertz CT molecular complexity index is 1160. The fourth-order valence-electron chi connectivity index (χ4n) is 3.22. The predicted molar refractivity (Wildman–Crippen MR) is 112 cm³/mol. The van der Waals surface area contributed by atoms with Crippen LogP contribution < -0.4 is 4.74 Å². The standard InChI is InChI=1S/C20H14BrF2N3O7/c1-32-18(27)16-15(9-21)24-19(28)25(17(16)10-2-7-13(22)14(23)8-10)20(29)33-12-5-3-11(4-6-12)26(30)31/h2-8,16-17H,9H2,1H3. The third-order valence-electron chi connectivity index (χ3n) is 4.72. The zero-order valence-electron chi connectivity index (χ0n) is 16.7. The second-order valence-corrected chi connectivity index (χ2v) is 7.19. The number of imide groups is 1. The Morgan fingerprint density at radius 2 is 1.85 bits per heavy atom. The molecule has 1 aliphatic heterocycles. The van der Waals surface area contributed by atoms with Gasteiger partial charge in [0, 0.05) is 17.5 Å². The molecule has 0 aliphatic carbocycles. The van der Waals surface area contributed by atoms with Gasteiger partial charge in [-0.25, -0.2) is 28.3 Å². The Balaban J connectivity index is 2.06. The van der Waals surface area contributed by atoms with Crippen LogP contribution in [0.3, 0.4) is 0 Å². The summed E-state index contributed by atoms with van der Waals surface area (Å²) in [6.07, 6.45) is -1.30. The minimum absolute atomic E-state index is 0.000897. The van der Waals surface area contributed by atoms with Crippen molar-refractivity contribution in [3.63, 3.8) is 0 Å². The van der Waals surface area contributed by atoms with E-state index in [0.717, 1.165) is 49.6 Å². The highest BCUT2D eigenvalue weighted by Gasteiger charge is 2.47. The monoisotopic (exact) mass is 525 g/mol. The van der Waals surface area contributed by atoms with Crippen LogP contribution in [-0.4, -0.2) is 46.1 Å². The second kappa shape index (κ2) is 9.81. The van der Waals surface area contributed by atoms with Gasteiger partial charge in [-0.2, -0.15) is 0 Å². The highest BCUT2D eigenvalue weighted by atomic mass is 79.9. The highest BCUT2D eigenvalue weighted by Crippen LogP contribution is 2.37. The molecular formula is C20H14BrF2N3O7. The number of carbonyl (C=O) groups excluding carboxylic acids is 3. The number of hydrogen-bond acceptors (Lipinski definition) is 7. The topological polar surface area (TPSA) is 128 Å². The number of amides is 3. The molecule has 172 valence electrons. The van der Waals surface area contributed by atoms with Gasteiger partial charge in [0.05, 0.1) is 23.8 Å². The van der Waals surface area contributed by atoms with Gasteiger partial charge in [-0.3, -0.25) is 14.9 Å². The van der Waals surface area contributed by atoms with Crippen LogP contribution in [0.25, 0.3) is 0 Å². The SMILES string of the molecule is COC(=O)C1C(CBr)=NC(=O)N(C(=O)Oc2ccc([N+](=O)[O-])cc2)C1c1ccc(F)c(F)c1. The van der Waals surface area contributed by atoms with Crippen molar-refractivity contribution >= 4 is 45.4 Å². The summed E-state index contributed by atoms with van der Waals surface area (Å²) >= 11 is 3.12. The number of rotatable bonds is 5. The molecule has 0 saturated carbocycles. The van der Waals surface area contributed by atoms with Gasteiger partial charge >= 0.3 is 18.1 Å². The fourth-order valence-corrected chi connectivity index (χ4v) is 3.69. The Kier molecular flexibility index (Phi) is 7.11. The van der Waals surface area contributed by atoms with E-state index < -0.39 is 46.6 Å². The van der Waals surface area contributed by atoms with E-state index in [2.05, 4.69) is 20.9 Å². The summed E-state index contributed by atoms with van der Waals surface area (Å²) in [7, 11) is 1.08. The maximum Gasteiger partial charge on any atom is 0.424 e. The van der Waals surface area contributed by atoms with Crippen LogP contribution >= 0.6 is 15.9 Å². The molecule has 0 bridgehead atoms. The quantitative estimate of drug-likeness (QED) is 0.248. The number of carbonyl (C=O) groups is 3. The summed E-state index contributed by atoms with van der Waals surface area (Å²) in [4.78, 5) is 52.6. The van der Waals surface area contributed by atoms with Crippen molar-refractivity contribution < 1.29 is 37.6 Å². The summed E-state index contributed by atoms with van der Waals surface area (Å²) in [5.74, 6) is -4.82. The van der Waals surface area contributed by atoms with Crippen molar-refractivity contribution in [3.8, 4) is 5.75 Å². The Hall–Kier alpha value is -3.74. The Labute approximate surface area is 193 Å². The number of aliphatic imine (C=N–C) groups is 1. The molecule has 3 rings (SSSR count). The molecule has 10 nitrogen and oxygen atoms in total. The van der Waals surface area contributed by atoms with Crippen LogP contribution in [0.5, 0.6) is 5.75 Å². The number of hydrogen-bond donors (Lipinski definition) is 0. The average Bonchev–Trinajstić information content (AvgIpc) is 2.79. The van der Waals surface area contributed by atoms with E-state index >= 15 is 0 Å². The highest BCUT2D eigenvalue weighted by molar-refractivity contribution is 9.09. The molecule has 0 aromatic heterocycles. The lowest BCUT2D eigenvalue weighted by Crippen LogP contribution is -2.51. The summed E-state index contributed by atoms with van der Waals surface area (Å²) in [6, 6.07) is 4.44. The van der Waals surface area contributed by atoms with Crippen molar-refractivity contribution in [1.29, 1.82) is 0 Å². The number of benzene rings is 2. The van der Waals surface area contributed by atoms with Crippen molar-refractivity contribution in [1.82, 2.24) is 4.90 Å². The molecule has 0 N–H and O–H groups in total. The number of nitrogens with zero attached hydrogens (tertiary/aromatic N) is 3. The van der Waals surface area contributed by atoms with Gasteiger partial charge in [-0.05, 0) is 29.8 Å². The lowest BCUT2D eigenvalue weighted by Gasteiger charge is -2.36. The summed E-state index contributed by atoms with van der Waals surface area (Å²) in [5.41, 5.74) is -0.353. The summed E-state index contributed by atoms with van der Waals surface area (Å²) < 4.78 is 37.4. The third kappa shape index (κ3) is 4.87. The van der Waals surface area contributed by atoms with E-state index in [9.17, 15) is 33.3 Å². The van der Waals surface area contributed by atoms with E-state index in [1.165, 1.54) is 0 Å². The lowest BCUT2D eigenvalue weighted by molar-refractivity contribution is -0.384. The minimum Gasteiger partial charge on any atom is -0.468 e. The number of nitro groups is 1. The van der Waals surface area contributed by atoms with Gasteiger partial charge in [0.2, 0.25) is 0 Å². The summed E-state index contributed by atoms with van der Waals surface area (Å²) in [5, 5.41) is 10.7. The number of methoxy groups -OCH3 is 1. The van der Waals surface area contributed by atoms with Gasteiger partial charge in [-0.1, -0.05) is 22.0 Å². The molecule has 1 heterocycles. The molecule has 33 heavy (non-hydrogen) atoms. The van der Waals surface area contributed by atoms with Crippen LogP contribution in [-0.2, 0) is 9.53 Å².